The lowest BCUT2D eigenvalue weighted by Gasteiger charge is -2.13. The molecule has 6 heteroatoms. The number of nitrogens with zero attached hydrogens (tertiary/aromatic N) is 1. The van der Waals surface area contributed by atoms with Crippen LogP contribution in [-0.4, -0.2) is 23.3 Å². The molecule has 4 heterocycles. The van der Waals surface area contributed by atoms with Crippen molar-refractivity contribution in [1.29, 1.82) is 0 Å². The molecular weight excluding hydrogens is 743 g/mol. The summed E-state index contributed by atoms with van der Waals surface area (Å²) in [6.07, 6.45) is 12.1. The third-order valence-electron chi connectivity index (χ3n) is 11.6. The molecule has 282 valence electrons. The van der Waals surface area contributed by atoms with Crippen molar-refractivity contribution < 1.29 is 9.59 Å². The van der Waals surface area contributed by atoms with Crippen molar-refractivity contribution in [2.75, 3.05) is 6.54 Å². The second-order valence-corrected chi connectivity index (χ2v) is 19.0. The number of imide groups is 1. The lowest BCUT2D eigenvalue weighted by Crippen LogP contribution is -2.30. The van der Waals surface area contributed by atoms with Crippen LogP contribution in [0.1, 0.15) is 102 Å². The van der Waals surface area contributed by atoms with E-state index in [2.05, 4.69) is 118 Å². The molecule has 0 saturated carbocycles. The highest BCUT2D eigenvalue weighted by Gasteiger charge is 2.40. The van der Waals surface area contributed by atoms with Gasteiger partial charge in [-0.15, -0.1) is 34.0 Å². The Balaban J connectivity index is 0.993. The molecule has 9 rings (SSSR count). The third-order valence-corrected chi connectivity index (χ3v) is 15.1. The van der Waals surface area contributed by atoms with Crippen LogP contribution in [0.25, 0.3) is 73.0 Å². The average Bonchev–Trinajstić information content (AvgIpc) is 4.01. The quantitative estimate of drug-likeness (QED) is 0.0813. The second-order valence-electron chi connectivity index (χ2n) is 15.6. The zero-order chi connectivity index (χ0) is 38.3. The van der Waals surface area contributed by atoms with E-state index in [9.17, 15) is 9.59 Å². The summed E-state index contributed by atoms with van der Waals surface area (Å²) in [5.74, 6) is -0.298. The molecule has 0 bridgehead atoms. The van der Waals surface area contributed by atoms with Crippen LogP contribution in [0.3, 0.4) is 0 Å². The van der Waals surface area contributed by atoms with Crippen molar-refractivity contribution in [3.8, 4) is 31.3 Å². The first-order valence-corrected chi connectivity index (χ1v) is 22.8. The van der Waals surface area contributed by atoms with Crippen LogP contribution < -0.4 is 0 Å². The van der Waals surface area contributed by atoms with E-state index in [-0.39, 0.29) is 11.8 Å². The van der Waals surface area contributed by atoms with Crippen molar-refractivity contribution in [2.24, 2.45) is 0 Å². The molecule has 1 aliphatic rings. The number of benzene rings is 5. The van der Waals surface area contributed by atoms with Gasteiger partial charge in [0.1, 0.15) is 0 Å². The summed E-state index contributed by atoms with van der Waals surface area (Å²) in [5, 5.41) is 7.72. The Labute approximate surface area is 341 Å². The van der Waals surface area contributed by atoms with E-state index in [1.165, 1.54) is 102 Å². The van der Waals surface area contributed by atoms with Crippen LogP contribution in [0.2, 0.25) is 0 Å². The summed E-state index contributed by atoms with van der Waals surface area (Å²) in [5.41, 5.74) is 5.29. The van der Waals surface area contributed by atoms with Crippen LogP contribution in [0.15, 0.2) is 97.1 Å². The summed E-state index contributed by atoms with van der Waals surface area (Å²) >= 11 is 5.26. The number of carbonyl (C=O) groups excluding carboxylic acids is 2. The first-order valence-electron chi connectivity index (χ1n) is 20.4. The standard InChI is InChI=1S/C50H47NO2S3/c1-4-5-6-7-8-9-10-11-12-13-28-51-49(52)45-40(43-25-15-32(3)54-43)23-24-41(46(45)50(51)53)44-27-26-42(55-44)35-18-20-37-34(30-35)17-22-39-38-21-16-33-29-31(2)14-19-36(33)47(38)56-48(37)39/h14-27,29-30H,4-13,28H2,1-3H3. The van der Waals surface area contributed by atoms with Crippen molar-refractivity contribution in [3.05, 3.63) is 119 Å². The van der Waals surface area contributed by atoms with Gasteiger partial charge in [0, 0.05) is 57.4 Å². The summed E-state index contributed by atoms with van der Waals surface area (Å²) < 4.78 is 2.67. The molecule has 2 amide bonds. The van der Waals surface area contributed by atoms with Crippen LogP contribution in [0.5, 0.6) is 0 Å². The molecule has 56 heavy (non-hydrogen) atoms. The number of amides is 2. The zero-order valence-corrected chi connectivity index (χ0v) is 35.0. The molecule has 0 aliphatic carbocycles. The molecule has 0 radical (unpaired) electrons. The van der Waals surface area contributed by atoms with Gasteiger partial charge < -0.3 is 0 Å². The maximum absolute atomic E-state index is 14.3. The maximum Gasteiger partial charge on any atom is 0.262 e. The third kappa shape index (κ3) is 6.80. The number of aryl methyl sites for hydroxylation is 2. The van der Waals surface area contributed by atoms with Gasteiger partial charge in [-0.25, -0.2) is 0 Å². The topological polar surface area (TPSA) is 37.4 Å². The summed E-state index contributed by atoms with van der Waals surface area (Å²) in [6, 6.07) is 35.2. The molecule has 5 aromatic carbocycles. The molecule has 0 N–H and O–H groups in total. The number of carbonyl (C=O) groups is 2. The Hall–Kier alpha value is -4.62. The van der Waals surface area contributed by atoms with Crippen molar-refractivity contribution >= 4 is 87.5 Å². The minimum Gasteiger partial charge on any atom is -0.274 e. The number of rotatable bonds is 14. The van der Waals surface area contributed by atoms with Crippen LogP contribution in [0.4, 0.5) is 0 Å². The zero-order valence-electron chi connectivity index (χ0n) is 32.5. The molecule has 1 aliphatic heterocycles. The van der Waals surface area contributed by atoms with E-state index in [0.29, 0.717) is 17.7 Å². The van der Waals surface area contributed by atoms with E-state index in [1.54, 1.807) is 22.7 Å². The normalized spacial score (nSPS) is 13.0. The molecular formula is C50H47NO2S3. The van der Waals surface area contributed by atoms with E-state index in [4.69, 9.17) is 0 Å². The molecule has 0 saturated heterocycles. The smallest absolute Gasteiger partial charge is 0.262 e. The second kappa shape index (κ2) is 15.7. The van der Waals surface area contributed by atoms with E-state index < -0.39 is 0 Å². The minimum absolute atomic E-state index is 0.147. The highest BCUT2D eigenvalue weighted by Crippen LogP contribution is 2.46. The summed E-state index contributed by atoms with van der Waals surface area (Å²) in [7, 11) is 0. The van der Waals surface area contributed by atoms with E-state index >= 15 is 0 Å². The van der Waals surface area contributed by atoms with Gasteiger partial charge in [-0.2, -0.15) is 0 Å². The van der Waals surface area contributed by atoms with Gasteiger partial charge in [-0.1, -0.05) is 137 Å². The number of fused-ring (bicyclic) bond motifs is 8. The van der Waals surface area contributed by atoms with Gasteiger partial charge in [0.25, 0.3) is 11.8 Å². The van der Waals surface area contributed by atoms with Crippen molar-refractivity contribution in [1.82, 2.24) is 4.90 Å². The van der Waals surface area contributed by atoms with Gasteiger partial charge in [0.05, 0.1) is 11.1 Å². The highest BCUT2D eigenvalue weighted by molar-refractivity contribution is 7.27. The number of hydrogen-bond acceptors (Lipinski definition) is 5. The predicted octanol–water partition coefficient (Wildman–Crippen LogP) is 15.6. The fourth-order valence-corrected chi connectivity index (χ4v) is 11.9. The largest absolute Gasteiger partial charge is 0.274 e. The Bertz CT molecular complexity index is 2780. The first-order chi connectivity index (χ1) is 27.4. The van der Waals surface area contributed by atoms with Crippen molar-refractivity contribution in [2.45, 2.75) is 85.0 Å². The van der Waals surface area contributed by atoms with Crippen LogP contribution in [-0.2, 0) is 0 Å². The van der Waals surface area contributed by atoms with Gasteiger partial charge >= 0.3 is 0 Å². The molecule has 0 spiro atoms. The Morgan fingerprint density at radius 3 is 1.64 bits per heavy atom. The number of hydrogen-bond donors (Lipinski definition) is 0. The lowest BCUT2D eigenvalue weighted by atomic mass is 9.95. The fourth-order valence-electron chi connectivity index (χ4n) is 8.62. The van der Waals surface area contributed by atoms with E-state index in [0.717, 1.165) is 50.6 Å². The monoisotopic (exact) mass is 789 g/mol. The Kier molecular flexibility index (Phi) is 10.4. The highest BCUT2D eigenvalue weighted by atomic mass is 32.1. The van der Waals surface area contributed by atoms with Gasteiger partial charge in [-0.3, -0.25) is 14.5 Å². The van der Waals surface area contributed by atoms with Gasteiger partial charge in [0.15, 0.2) is 0 Å². The number of unbranched alkanes of at least 4 members (excludes halogenated alkanes) is 9. The molecule has 0 unspecified atom stereocenters. The average molecular weight is 790 g/mol. The Morgan fingerprint density at radius 1 is 0.482 bits per heavy atom. The lowest BCUT2D eigenvalue weighted by molar-refractivity contribution is 0.0652. The molecule has 3 nitrogen and oxygen atoms in total. The molecule has 0 atom stereocenters. The summed E-state index contributed by atoms with van der Waals surface area (Å²) in [6.45, 7) is 6.97. The fraction of sp³-hybridized carbons (Fsp3) is 0.280. The van der Waals surface area contributed by atoms with E-state index in [1.807, 2.05) is 11.3 Å². The van der Waals surface area contributed by atoms with Crippen LogP contribution >= 0.6 is 34.0 Å². The van der Waals surface area contributed by atoms with Gasteiger partial charge in [0.2, 0.25) is 0 Å². The number of thiophene rings is 3. The minimum atomic E-state index is -0.151. The van der Waals surface area contributed by atoms with Gasteiger partial charge in [-0.05, 0) is 77.7 Å². The Morgan fingerprint density at radius 2 is 1.02 bits per heavy atom. The van der Waals surface area contributed by atoms with Crippen LogP contribution in [0, 0.1) is 13.8 Å². The van der Waals surface area contributed by atoms with Crippen molar-refractivity contribution in [3.63, 3.8) is 0 Å². The maximum atomic E-state index is 14.3. The molecule has 3 aromatic heterocycles. The molecule has 8 aromatic rings. The SMILES string of the molecule is CCCCCCCCCCCCN1C(=O)c2c(-c3ccc(C)s3)ccc(-c3ccc(-c4ccc5c(ccc6c7ccc8cc(C)ccc8c7sc56)c4)s3)c2C1=O. The molecule has 0 fully saturated rings. The first kappa shape index (κ1) is 37.0. The predicted molar refractivity (Wildman–Crippen MR) is 243 cm³/mol. The summed E-state index contributed by atoms with van der Waals surface area (Å²) in [4.78, 5) is 34.4.